The molecule has 3 N–H and O–H groups in total. The molecule has 2 aliphatic heterocycles. The molecular weight excluding hydrogens is 833 g/mol. The number of carbonyl (C=O) groups excluding carboxylic acids is 2. The zero-order chi connectivity index (χ0) is 46.0. The van der Waals surface area contributed by atoms with E-state index in [2.05, 4.69) is 29.8 Å². The predicted octanol–water partition coefficient (Wildman–Crippen LogP) is 6.64. The van der Waals surface area contributed by atoms with Crippen LogP contribution in [0.3, 0.4) is 0 Å². The molecule has 2 aromatic heterocycles. The van der Waals surface area contributed by atoms with Gasteiger partial charge in [-0.15, -0.1) is 0 Å². The summed E-state index contributed by atoms with van der Waals surface area (Å²) in [5, 5.41) is 2.94. The summed E-state index contributed by atoms with van der Waals surface area (Å²) in [5.74, 6) is 1.40. The van der Waals surface area contributed by atoms with Crippen molar-refractivity contribution in [1.29, 1.82) is 0 Å². The number of methoxy groups -OCH3 is 1. The maximum Gasteiger partial charge on any atom is 0.311 e. The second-order valence-corrected chi connectivity index (χ2v) is 15.6. The van der Waals surface area contributed by atoms with Gasteiger partial charge in [-0.2, -0.15) is 0 Å². The van der Waals surface area contributed by atoms with Crippen molar-refractivity contribution >= 4 is 11.9 Å². The van der Waals surface area contributed by atoms with Crippen molar-refractivity contribution in [3.63, 3.8) is 0 Å². The molecule has 0 atom stereocenters. The number of pyridine rings is 2. The number of nitrogens with zero attached hydrogens (tertiary/aromatic N) is 4. The molecule has 66 heavy (non-hydrogen) atoms. The van der Waals surface area contributed by atoms with E-state index in [1.54, 1.807) is 6.20 Å². The van der Waals surface area contributed by atoms with E-state index < -0.39 is 0 Å². The molecule has 13 heteroatoms. The average Bonchev–Trinajstić information content (AvgIpc) is 3.38. The van der Waals surface area contributed by atoms with Crippen LogP contribution in [0.4, 0.5) is 0 Å². The number of aromatic nitrogens is 2. The molecule has 2 aliphatic rings. The molecule has 346 valence electrons. The van der Waals surface area contributed by atoms with Crippen molar-refractivity contribution in [2.75, 3.05) is 86.0 Å². The predicted molar refractivity (Wildman–Crippen MR) is 257 cm³/mol. The molecule has 0 spiro atoms. The molecule has 4 heterocycles. The first-order chi connectivity index (χ1) is 32.4. The Bertz CT molecular complexity index is 2270. The number of esters is 1. The topological polar surface area (TPSA) is 151 Å². The van der Waals surface area contributed by atoms with Gasteiger partial charge in [0.15, 0.2) is 0 Å². The van der Waals surface area contributed by atoms with Gasteiger partial charge in [0.1, 0.15) is 24.7 Å². The van der Waals surface area contributed by atoms with E-state index in [9.17, 15) is 9.59 Å². The van der Waals surface area contributed by atoms with Crippen LogP contribution >= 0.6 is 0 Å². The van der Waals surface area contributed by atoms with Crippen LogP contribution in [-0.2, 0) is 49.7 Å². The largest absolute Gasteiger partial charge is 0.492 e. The Kier molecular flexibility index (Phi) is 20.6. The third-order valence-electron chi connectivity index (χ3n) is 10.9. The number of carbonyl (C=O) groups is 2. The average molecular weight is 895 g/mol. The molecule has 2 fully saturated rings. The second-order valence-electron chi connectivity index (χ2n) is 15.6. The normalized spacial score (nSPS) is 13.8. The van der Waals surface area contributed by atoms with Gasteiger partial charge >= 0.3 is 5.97 Å². The number of nitrogens with two attached hydrogens (primary N) is 1. The first-order valence-corrected chi connectivity index (χ1v) is 22.5. The van der Waals surface area contributed by atoms with Crippen LogP contribution in [0.15, 0.2) is 146 Å². The molecular formula is C53H62N6O7. The summed E-state index contributed by atoms with van der Waals surface area (Å²) in [7, 11) is 1.38. The molecule has 4 aromatic carbocycles. The minimum atomic E-state index is -0.288. The van der Waals surface area contributed by atoms with Gasteiger partial charge in [-0.1, -0.05) is 97.1 Å². The number of nitrogens with one attached hydrogen (secondary N) is 1. The lowest BCUT2D eigenvalue weighted by Crippen LogP contribution is -2.38. The van der Waals surface area contributed by atoms with Gasteiger partial charge in [0.25, 0.3) is 0 Å². The quantitative estimate of drug-likeness (QED) is 0.0946. The van der Waals surface area contributed by atoms with Crippen LogP contribution in [-0.4, -0.2) is 118 Å². The highest BCUT2D eigenvalue weighted by Gasteiger charge is 2.12. The maximum atomic E-state index is 12.2. The lowest BCUT2D eigenvalue weighted by Gasteiger charge is -2.26. The standard InChI is InChI=1S/C26H29N3O3.C20H24N2O4.C7H9N/c30-26(28-19-21-4-2-1-3-5-21)18-24-9-6-23(20-27-24)22-7-10-25(11-8-22)32-17-14-29-12-15-31-16-13-29;1-24-20(23)14-18-5-2-17(15-21-18)16-3-6-19(7-4-16)26-13-10-22-8-11-25-12-9-22;8-6-7-4-2-1-3-5-7/h1-11,20H,12-19H2,(H,28,30);2-7,15H,8-14H2,1H3;1-5H,6,8H2. The fourth-order valence-corrected chi connectivity index (χ4v) is 6.98. The molecule has 2 saturated heterocycles. The first kappa shape index (κ1) is 49.0. The van der Waals surface area contributed by atoms with Gasteiger partial charge in [-0.25, -0.2) is 0 Å². The number of benzene rings is 4. The van der Waals surface area contributed by atoms with E-state index in [4.69, 9.17) is 24.7 Å². The van der Waals surface area contributed by atoms with E-state index >= 15 is 0 Å². The molecule has 13 nitrogen and oxygen atoms in total. The van der Waals surface area contributed by atoms with E-state index in [0.29, 0.717) is 32.0 Å². The summed E-state index contributed by atoms with van der Waals surface area (Å²) in [6.07, 6.45) is 4.04. The summed E-state index contributed by atoms with van der Waals surface area (Å²) in [5.41, 5.74) is 13.2. The summed E-state index contributed by atoms with van der Waals surface area (Å²) in [6.45, 7) is 11.4. The lowest BCUT2D eigenvalue weighted by molar-refractivity contribution is -0.139. The Balaban J connectivity index is 0.000000189. The van der Waals surface area contributed by atoms with Gasteiger partial charge < -0.3 is 34.7 Å². The van der Waals surface area contributed by atoms with Crippen molar-refractivity contribution in [3.8, 4) is 33.8 Å². The van der Waals surface area contributed by atoms with E-state index in [1.165, 1.54) is 12.7 Å². The Morgan fingerprint density at radius 3 is 1.42 bits per heavy atom. The third kappa shape index (κ3) is 17.5. The third-order valence-corrected chi connectivity index (χ3v) is 10.9. The Morgan fingerprint density at radius 1 is 0.576 bits per heavy atom. The zero-order valence-corrected chi connectivity index (χ0v) is 37.9. The van der Waals surface area contributed by atoms with Crippen LogP contribution in [0.2, 0.25) is 0 Å². The van der Waals surface area contributed by atoms with Crippen LogP contribution < -0.4 is 20.5 Å². The van der Waals surface area contributed by atoms with Crippen molar-refractivity contribution in [3.05, 3.63) is 168 Å². The van der Waals surface area contributed by atoms with Crippen LogP contribution in [0.25, 0.3) is 22.3 Å². The SMILES string of the molecule is COC(=O)Cc1ccc(-c2ccc(OCCN3CCOCC3)cc2)cn1.NCc1ccccc1.O=C(Cc1ccc(-c2ccc(OCCN3CCOCC3)cc2)cn1)NCc1ccccc1. The summed E-state index contributed by atoms with van der Waals surface area (Å²) in [6, 6.07) is 43.6. The van der Waals surface area contributed by atoms with Crippen LogP contribution in [0.1, 0.15) is 22.5 Å². The summed E-state index contributed by atoms with van der Waals surface area (Å²) < 4.78 is 27.1. The zero-order valence-electron chi connectivity index (χ0n) is 37.9. The lowest BCUT2D eigenvalue weighted by atomic mass is 10.1. The fourth-order valence-electron chi connectivity index (χ4n) is 6.98. The Hall–Kier alpha value is -6.48. The Labute approximate surface area is 388 Å². The molecule has 8 rings (SSSR count). The van der Waals surface area contributed by atoms with E-state index in [0.717, 1.165) is 111 Å². The molecule has 0 aliphatic carbocycles. The van der Waals surface area contributed by atoms with Gasteiger partial charge in [0.05, 0.1) is 52.1 Å². The van der Waals surface area contributed by atoms with Crippen molar-refractivity contribution in [2.24, 2.45) is 5.73 Å². The first-order valence-electron chi connectivity index (χ1n) is 22.5. The summed E-state index contributed by atoms with van der Waals surface area (Å²) >= 11 is 0. The molecule has 6 aromatic rings. The summed E-state index contributed by atoms with van der Waals surface area (Å²) in [4.78, 5) is 37.0. The van der Waals surface area contributed by atoms with E-state index in [-0.39, 0.29) is 24.7 Å². The van der Waals surface area contributed by atoms with Gasteiger partial charge in [-0.05, 0) is 58.7 Å². The van der Waals surface area contributed by atoms with E-state index in [1.807, 2.05) is 140 Å². The van der Waals surface area contributed by atoms with Gasteiger partial charge in [0, 0.05) is 81.6 Å². The van der Waals surface area contributed by atoms with Crippen LogP contribution in [0, 0.1) is 0 Å². The highest BCUT2D eigenvalue weighted by atomic mass is 16.5. The number of hydrogen-bond acceptors (Lipinski definition) is 12. The van der Waals surface area contributed by atoms with Crippen molar-refractivity contribution in [2.45, 2.75) is 25.9 Å². The smallest absolute Gasteiger partial charge is 0.311 e. The Morgan fingerprint density at radius 2 is 1.02 bits per heavy atom. The number of ether oxygens (including phenoxy) is 5. The number of hydrogen-bond donors (Lipinski definition) is 2. The maximum absolute atomic E-state index is 12.2. The van der Waals surface area contributed by atoms with Crippen LogP contribution in [0.5, 0.6) is 11.5 Å². The molecule has 0 unspecified atom stereocenters. The van der Waals surface area contributed by atoms with Crippen molar-refractivity contribution < 1.29 is 33.3 Å². The number of rotatable bonds is 17. The number of amides is 1. The highest BCUT2D eigenvalue weighted by molar-refractivity contribution is 5.78. The minimum Gasteiger partial charge on any atom is -0.492 e. The molecule has 0 bridgehead atoms. The second kappa shape index (κ2) is 27.8. The molecule has 0 radical (unpaired) electrons. The van der Waals surface area contributed by atoms with Gasteiger partial charge in [0.2, 0.25) is 5.91 Å². The molecule has 1 amide bonds. The number of morpholine rings is 2. The fraction of sp³-hybridized carbons (Fsp3) is 0.321. The minimum absolute atomic E-state index is 0.0346. The molecule has 0 saturated carbocycles. The highest BCUT2D eigenvalue weighted by Crippen LogP contribution is 2.24. The van der Waals surface area contributed by atoms with Crippen molar-refractivity contribution in [1.82, 2.24) is 25.1 Å². The van der Waals surface area contributed by atoms with Gasteiger partial charge in [-0.3, -0.25) is 29.4 Å². The monoisotopic (exact) mass is 894 g/mol.